The Balaban J connectivity index is 1.35. The van der Waals surface area contributed by atoms with Crippen molar-refractivity contribution in [3.05, 3.63) is 36.2 Å². The first-order valence-corrected chi connectivity index (χ1v) is 11.3. The lowest BCUT2D eigenvalue weighted by Gasteiger charge is -2.47. The molecule has 0 unspecified atom stereocenters. The second-order valence-corrected chi connectivity index (χ2v) is 8.88. The van der Waals surface area contributed by atoms with E-state index in [1.807, 2.05) is 30.3 Å². The maximum atomic E-state index is 9.66. The molecule has 7 nitrogen and oxygen atoms in total. The molecule has 1 aromatic carbocycles. The number of aliphatic hydroxyl groups is 1. The third-order valence-electron chi connectivity index (χ3n) is 6.63. The lowest BCUT2D eigenvalue weighted by atomic mass is 9.97. The summed E-state index contributed by atoms with van der Waals surface area (Å²) < 4.78 is 5.52. The number of aromatic nitrogens is 2. The first-order chi connectivity index (χ1) is 14.6. The van der Waals surface area contributed by atoms with Crippen LogP contribution in [0.5, 0.6) is 0 Å². The lowest BCUT2D eigenvalue weighted by molar-refractivity contribution is -0.00247. The van der Waals surface area contributed by atoms with Gasteiger partial charge >= 0.3 is 0 Å². The lowest BCUT2D eigenvalue weighted by Crippen LogP contribution is -2.58. The number of piperazine rings is 1. The van der Waals surface area contributed by atoms with Gasteiger partial charge in [0.2, 0.25) is 11.7 Å². The Kier molecular flexibility index (Phi) is 7.15. The minimum absolute atomic E-state index is 0.235. The van der Waals surface area contributed by atoms with Crippen LogP contribution in [0.2, 0.25) is 0 Å². The largest absolute Gasteiger partial charge is 0.396 e. The summed E-state index contributed by atoms with van der Waals surface area (Å²) in [7, 11) is 0. The molecule has 2 aliphatic rings. The molecule has 1 N–H and O–H groups in total. The second kappa shape index (κ2) is 10.0. The summed E-state index contributed by atoms with van der Waals surface area (Å²) in [5, 5.41) is 13.8. The average molecular weight is 414 g/mol. The Morgan fingerprint density at radius 1 is 1.10 bits per heavy atom. The predicted molar refractivity (Wildman–Crippen MR) is 117 cm³/mol. The van der Waals surface area contributed by atoms with E-state index < -0.39 is 0 Å². The van der Waals surface area contributed by atoms with E-state index in [-0.39, 0.29) is 6.61 Å². The number of piperidine rings is 1. The van der Waals surface area contributed by atoms with Crippen molar-refractivity contribution in [1.82, 2.24) is 24.8 Å². The van der Waals surface area contributed by atoms with Gasteiger partial charge in [0, 0.05) is 49.9 Å². The minimum atomic E-state index is 0.235. The number of nitrogens with zero attached hydrogens (tertiary/aromatic N) is 5. The predicted octanol–water partition coefficient (Wildman–Crippen LogP) is 2.48. The zero-order valence-electron chi connectivity index (χ0n) is 18.3. The Labute approximate surface area is 179 Å². The highest BCUT2D eigenvalue weighted by atomic mass is 16.5. The van der Waals surface area contributed by atoms with Gasteiger partial charge in [0.15, 0.2) is 0 Å². The van der Waals surface area contributed by atoms with Crippen LogP contribution in [0, 0.1) is 0 Å². The summed E-state index contributed by atoms with van der Waals surface area (Å²) in [6.07, 6.45) is 3.27. The van der Waals surface area contributed by atoms with Crippen LogP contribution in [0.1, 0.15) is 39.0 Å². The molecule has 2 saturated heterocycles. The van der Waals surface area contributed by atoms with Gasteiger partial charge in [-0.2, -0.15) is 4.98 Å². The monoisotopic (exact) mass is 413 g/mol. The highest BCUT2D eigenvalue weighted by Gasteiger charge is 2.34. The van der Waals surface area contributed by atoms with Gasteiger partial charge in [-0.3, -0.25) is 9.80 Å². The number of hydrogen-bond acceptors (Lipinski definition) is 7. The number of aliphatic hydroxyl groups excluding tert-OH is 1. The fourth-order valence-corrected chi connectivity index (χ4v) is 4.91. The SMILES string of the molecule is CC(C)N1CCC(N2CCN(Cc3nc(-c4ccccc4)no3)C[C@H]2CCO)CC1. The normalized spacial score (nSPS) is 22.7. The van der Waals surface area contributed by atoms with E-state index in [1.165, 1.54) is 25.9 Å². The van der Waals surface area contributed by atoms with E-state index in [0.717, 1.165) is 31.6 Å². The van der Waals surface area contributed by atoms with E-state index >= 15 is 0 Å². The van der Waals surface area contributed by atoms with Gasteiger partial charge in [0.25, 0.3) is 0 Å². The van der Waals surface area contributed by atoms with E-state index in [2.05, 4.69) is 38.7 Å². The molecule has 1 atom stereocenters. The third kappa shape index (κ3) is 5.09. The van der Waals surface area contributed by atoms with Gasteiger partial charge in [-0.1, -0.05) is 35.5 Å². The molecule has 164 valence electrons. The molecule has 2 aliphatic heterocycles. The Bertz CT molecular complexity index is 773. The molecule has 3 heterocycles. The van der Waals surface area contributed by atoms with Crippen LogP contribution in [0.4, 0.5) is 0 Å². The summed E-state index contributed by atoms with van der Waals surface area (Å²) in [6.45, 7) is 10.8. The van der Waals surface area contributed by atoms with Crippen LogP contribution < -0.4 is 0 Å². The van der Waals surface area contributed by atoms with E-state index in [1.54, 1.807) is 0 Å². The summed E-state index contributed by atoms with van der Waals surface area (Å²) in [5.41, 5.74) is 0.975. The highest BCUT2D eigenvalue weighted by Crippen LogP contribution is 2.25. The van der Waals surface area contributed by atoms with E-state index in [9.17, 15) is 5.11 Å². The second-order valence-electron chi connectivity index (χ2n) is 8.88. The Morgan fingerprint density at radius 3 is 2.57 bits per heavy atom. The molecule has 0 amide bonds. The summed E-state index contributed by atoms with van der Waals surface area (Å²) in [6, 6.07) is 11.6. The fourth-order valence-electron chi connectivity index (χ4n) is 4.91. The molecule has 0 radical (unpaired) electrons. The van der Waals surface area contributed by atoms with Gasteiger partial charge in [-0.25, -0.2) is 0 Å². The zero-order valence-corrected chi connectivity index (χ0v) is 18.3. The molecule has 4 rings (SSSR count). The topological polar surface area (TPSA) is 68.9 Å². The smallest absolute Gasteiger partial charge is 0.241 e. The molecule has 2 aromatic rings. The van der Waals surface area contributed by atoms with E-state index in [0.29, 0.717) is 36.4 Å². The molecule has 0 saturated carbocycles. The first kappa shape index (κ1) is 21.4. The molecular weight excluding hydrogens is 378 g/mol. The van der Waals surface area contributed by atoms with Crippen molar-refractivity contribution in [1.29, 1.82) is 0 Å². The molecule has 1 aromatic heterocycles. The number of likely N-dealkylation sites (tertiary alicyclic amines) is 1. The van der Waals surface area contributed by atoms with Crippen molar-refractivity contribution >= 4 is 0 Å². The molecule has 7 heteroatoms. The van der Waals surface area contributed by atoms with E-state index in [4.69, 9.17) is 4.52 Å². The van der Waals surface area contributed by atoms with Gasteiger partial charge in [-0.05, 0) is 46.2 Å². The maximum absolute atomic E-state index is 9.66. The van der Waals surface area contributed by atoms with Crippen molar-refractivity contribution in [2.45, 2.75) is 57.8 Å². The van der Waals surface area contributed by atoms with Crippen molar-refractivity contribution in [2.75, 3.05) is 39.3 Å². The van der Waals surface area contributed by atoms with Crippen LogP contribution in [0.3, 0.4) is 0 Å². The van der Waals surface area contributed by atoms with Crippen molar-refractivity contribution < 1.29 is 9.63 Å². The summed E-state index contributed by atoms with van der Waals surface area (Å²) in [4.78, 5) is 12.2. The van der Waals surface area contributed by atoms with Crippen LogP contribution in [-0.4, -0.2) is 87.4 Å². The summed E-state index contributed by atoms with van der Waals surface area (Å²) >= 11 is 0. The molecule has 30 heavy (non-hydrogen) atoms. The van der Waals surface area contributed by atoms with Gasteiger partial charge < -0.3 is 14.5 Å². The van der Waals surface area contributed by atoms with Crippen molar-refractivity contribution in [3.8, 4) is 11.4 Å². The molecule has 0 aliphatic carbocycles. The quantitative estimate of drug-likeness (QED) is 0.748. The standard InChI is InChI=1S/C23H35N5O2/c1-18(2)27-11-8-20(9-12-27)28-14-13-26(16-21(28)10-15-29)17-22-24-23(25-30-22)19-6-4-3-5-7-19/h3-7,18,20-21,29H,8-17H2,1-2H3/t21-/m1/s1. The molecular formula is C23H35N5O2. The molecule has 2 fully saturated rings. The molecule has 0 bridgehead atoms. The number of benzene rings is 1. The minimum Gasteiger partial charge on any atom is -0.396 e. The van der Waals surface area contributed by atoms with Crippen molar-refractivity contribution in [2.24, 2.45) is 0 Å². The van der Waals surface area contributed by atoms with Gasteiger partial charge in [-0.15, -0.1) is 0 Å². The van der Waals surface area contributed by atoms with Gasteiger partial charge in [0.1, 0.15) is 0 Å². The zero-order chi connectivity index (χ0) is 20.9. The maximum Gasteiger partial charge on any atom is 0.241 e. The van der Waals surface area contributed by atoms with Crippen molar-refractivity contribution in [3.63, 3.8) is 0 Å². The number of hydrogen-bond donors (Lipinski definition) is 1. The Hall–Kier alpha value is -1.80. The summed E-state index contributed by atoms with van der Waals surface area (Å²) in [5.74, 6) is 1.31. The van der Waals surface area contributed by atoms with Crippen LogP contribution >= 0.6 is 0 Å². The molecule has 0 spiro atoms. The first-order valence-electron chi connectivity index (χ1n) is 11.3. The number of rotatable bonds is 7. The fraction of sp³-hybridized carbons (Fsp3) is 0.652. The Morgan fingerprint density at radius 2 is 1.87 bits per heavy atom. The van der Waals surface area contributed by atoms with Crippen LogP contribution in [0.25, 0.3) is 11.4 Å². The average Bonchev–Trinajstić information content (AvgIpc) is 3.23. The highest BCUT2D eigenvalue weighted by molar-refractivity contribution is 5.53. The van der Waals surface area contributed by atoms with Gasteiger partial charge in [0.05, 0.1) is 6.54 Å². The van der Waals surface area contributed by atoms with Crippen LogP contribution in [0.15, 0.2) is 34.9 Å². The third-order valence-corrected chi connectivity index (χ3v) is 6.63. The van der Waals surface area contributed by atoms with Crippen LogP contribution in [-0.2, 0) is 6.54 Å².